The Labute approximate surface area is 177 Å². The molecule has 7 nitrogen and oxygen atoms in total. The van der Waals surface area contributed by atoms with Crippen molar-refractivity contribution in [1.82, 2.24) is 14.7 Å². The smallest absolute Gasteiger partial charge is 0.274 e. The molecule has 3 heterocycles. The first kappa shape index (κ1) is 20.2. The Balaban J connectivity index is 1.56. The summed E-state index contributed by atoms with van der Waals surface area (Å²) in [5.74, 6) is -0.926. The lowest BCUT2D eigenvalue weighted by Crippen LogP contribution is -2.40. The molecule has 156 valence electrons. The number of halogens is 1. The molecule has 1 saturated heterocycles. The number of benzene rings is 1. The fraction of sp³-hybridized carbons (Fsp3) is 0.286. The number of thiophene rings is 1. The summed E-state index contributed by atoms with van der Waals surface area (Å²) in [5.41, 5.74) is 1.85. The molecule has 2 aromatic heterocycles. The van der Waals surface area contributed by atoms with Gasteiger partial charge < -0.3 is 15.0 Å². The average molecular weight is 428 g/mol. The van der Waals surface area contributed by atoms with Gasteiger partial charge in [0.25, 0.3) is 5.91 Å². The maximum absolute atomic E-state index is 13.8. The average Bonchev–Trinajstić information content (AvgIpc) is 3.41. The molecule has 2 amide bonds. The molecule has 0 bridgehead atoms. The third-order valence-corrected chi connectivity index (χ3v) is 5.71. The highest BCUT2D eigenvalue weighted by molar-refractivity contribution is 7.13. The fourth-order valence-corrected chi connectivity index (χ4v) is 3.95. The Bertz CT molecular complexity index is 1060. The standard InChI is InChI=1S/C21H21FN4O3S/c1-14-4-5-15(11-16(14)22)23-20(27)13-26-18(19-3-2-10-30-19)12-17(24-26)21(28)25-6-8-29-9-7-25/h2-5,10-12H,6-9,13H2,1H3,(H,23,27). The molecule has 1 aliphatic heterocycles. The molecule has 3 aromatic rings. The van der Waals surface area contributed by atoms with Gasteiger partial charge in [-0.1, -0.05) is 12.1 Å². The Morgan fingerprint density at radius 3 is 2.73 bits per heavy atom. The Morgan fingerprint density at radius 2 is 2.03 bits per heavy atom. The molecule has 1 N–H and O–H groups in total. The van der Waals surface area contributed by atoms with Crippen LogP contribution in [-0.4, -0.2) is 52.8 Å². The van der Waals surface area contributed by atoms with Crippen molar-refractivity contribution in [3.63, 3.8) is 0 Å². The topological polar surface area (TPSA) is 76.5 Å². The van der Waals surface area contributed by atoms with Gasteiger partial charge in [-0.25, -0.2) is 4.39 Å². The number of anilines is 1. The van der Waals surface area contributed by atoms with Gasteiger partial charge in [0.1, 0.15) is 12.4 Å². The molecular formula is C21H21FN4O3S. The van der Waals surface area contributed by atoms with Gasteiger partial charge in [-0.05, 0) is 42.1 Å². The molecular weight excluding hydrogens is 407 g/mol. The van der Waals surface area contributed by atoms with Crippen LogP contribution < -0.4 is 5.32 Å². The van der Waals surface area contributed by atoms with E-state index in [9.17, 15) is 14.0 Å². The lowest BCUT2D eigenvalue weighted by molar-refractivity contribution is -0.116. The second-order valence-electron chi connectivity index (χ2n) is 6.97. The number of morpholine rings is 1. The Kier molecular flexibility index (Phi) is 5.91. The first-order chi connectivity index (χ1) is 14.5. The number of carbonyl (C=O) groups excluding carboxylic acids is 2. The normalized spacial score (nSPS) is 14.0. The van der Waals surface area contributed by atoms with Crippen LogP contribution in [0.1, 0.15) is 16.1 Å². The van der Waals surface area contributed by atoms with Crippen molar-refractivity contribution in [3.8, 4) is 10.6 Å². The van der Waals surface area contributed by atoms with Crippen LogP contribution in [-0.2, 0) is 16.1 Å². The predicted molar refractivity (Wildman–Crippen MR) is 112 cm³/mol. The zero-order valence-electron chi connectivity index (χ0n) is 16.4. The molecule has 1 aliphatic rings. The Hall–Kier alpha value is -3.04. The van der Waals surface area contributed by atoms with Gasteiger partial charge in [0.15, 0.2) is 5.69 Å². The van der Waals surface area contributed by atoms with E-state index in [1.165, 1.54) is 22.1 Å². The van der Waals surface area contributed by atoms with Crippen molar-refractivity contribution < 1.29 is 18.7 Å². The van der Waals surface area contributed by atoms with Crippen molar-refractivity contribution in [2.24, 2.45) is 0 Å². The minimum absolute atomic E-state index is 0.0981. The maximum Gasteiger partial charge on any atom is 0.274 e. The number of nitrogens with zero attached hydrogens (tertiary/aromatic N) is 3. The van der Waals surface area contributed by atoms with E-state index in [0.29, 0.717) is 43.2 Å². The van der Waals surface area contributed by atoms with Crippen LogP contribution in [0.2, 0.25) is 0 Å². The van der Waals surface area contributed by atoms with Crippen LogP contribution >= 0.6 is 11.3 Å². The molecule has 9 heteroatoms. The second-order valence-corrected chi connectivity index (χ2v) is 7.91. The van der Waals surface area contributed by atoms with E-state index in [2.05, 4.69) is 10.4 Å². The second kappa shape index (κ2) is 8.76. The molecule has 1 fully saturated rings. The summed E-state index contributed by atoms with van der Waals surface area (Å²) in [4.78, 5) is 28.0. The van der Waals surface area contributed by atoms with Gasteiger partial charge in [0.05, 0.1) is 23.8 Å². The highest BCUT2D eigenvalue weighted by Crippen LogP contribution is 2.26. The summed E-state index contributed by atoms with van der Waals surface area (Å²) < 4.78 is 20.6. The lowest BCUT2D eigenvalue weighted by Gasteiger charge is -2.25. The molecule has 1 aromatic carbocycles. The van der Waals surface area contributed by atoms with Crippen LogP contribution in [0.5, 0.6) is 0 Å². The number of aryl methyl sites for hydroxylation is 1. The van der Waals surface area contributed by atoms with Crippen molar-refractivity contribution >= 4 is 28.8 Å². The van der Waals surface area contributed by atoms with Gasteiger partial charge in [-0.15, -0.1) is 11.3 Å². The van der Waals surface area contributed by atoms with Crippen LogP contribution in [0, 0.1) is 12.7 Å². The summed E-state index contributed by atoms with van der Waals surface area (Å²) in [6, 6.07) is 10.1. The van der Waals surface area contributed by atoms with Gasteiger partial charge in [-0.3, -0.25) is 14.3 Å². The molecule has 0 saturated carbocycles. The minimum Gasteiger partial charge on any atom is -0.378 e. The minimum atomic E-state index is -0.385. The SMILES string of the molecule is Cc1ccc(NC(=O)Cn2nc(C(=O)N3CCOCC3)cc2-c2cccs2)cc1F. The predicted octanol–water partition coefficient (Wildman–Crippen LogP) is 3.17. The van der Waals surface area contributed by atoms with Crippen molar-refractivity contribution in [1.29, 1.82) is 0 Å². The molecule has 0 radical (unpaired) electrons. The number of nitrogens with one attached hydrogen (secondary N) is 1. The van der Waals surface area contributed by atoms with Crippen molar-refractivity contribution in [2.75, 3.05) is 31.6 Å². The summed E-state index contributed by atoms with van der Waals surface area (Å²) in [7, 11) is 0. The summed E-state index contributed by atoms with van der Waals surface area (Å²) in [6.45, 7) is 3.59. The number of hydrogen-bond acceptors (Lipinski definition) is 5. The van der Waals surface area contributed by atoms with Crippen molar-refractivity contribution in [3.05, 3.63) is 58.9 Å². The zero-order chi connectivity index (χ0) is 21.1. The molecule has 4 rings (SSSR count). The monoisotopic (exact) mass is 428 g/mol. The van der Waals surface area contributed by atoms with E-state index in [-0.39, 0.29) is 29.9 Å². The first-order valence-corrected chi connectivity index (χ1v) is 10.4. The quantitative estimate of drug-likeness (QED) is 0.677. The summed E-state index contributed by atoms with van der Waals surface area (Å²) in [5, 5.41) is 9.02. The lowest BCUT2D eigenvalue weighted by atomic mass is 10.2. The number of amides is 2. The molecule has 0 aliphatic carbocycles. The van der Waals surface area contributed by atoms with Gasteiger partial charge in [0.2, 0.25) is 5.91 Å². The summed E-state index contributed by atoms with van der Waals surface area (Å²) in [6.07, 6.45) is 0. The number of rotatable bonds is 5. The van der Waals surface area contributed by atoms with E-state index in [4.69, 9.17) is 4.74 Å². The first-order valence-electron chi connectivity index (χ1n) is 9.56. The molecule has 30 heavy (non-hydrogen) atoms. The van der Waals surface area contributed by atoms with E-state index in [0.717, 1.165) is 4.88 Å². The van der Waals surface area contributed by atoms with E-state index >= 15 is 0 Å². The van der Waals surface area contributed by atoms with Crippen LogP contribution in [0.25, 0.3) is 10.6 Å². The largest absolute Gasteiger partial charge is 0.378 e. The number of carbonyl (C=O) groups is 2. The van der Waals surface area contributed by atoms with Gasteiger partial charge in [0, 0.05) is 18.8 Å². The molecule has 0 atom stereocenters. The Morgan fingerprint density at radius 1 is 1.23 bits per heavy atom. The van der Waals surface area contributed by atoms with E-state index < -0.39 is 0 Å². The van der Waals surface area contributed by atoms with E-state index in [1.54, 1.807) is 30.0 Å². The fourth-order valence-electron chi connectivity index (χ4n) is 3.20. The van der Waals surface area contributed by atoms with E-state index in [1.807, 2.05) is 17.5 Å². The van der Waals surface area contributed by atoms with Gasteiger partial charge >= 0.3 is 0 Å². The summed E-state index contributed by atoms with van der Waals surface area (Å²) >= 11 is 1.50. The maximum atomic E-state index is 13.8. The van der Waals surface area contributed by atoms with Crippen molar-refractivity contribution in [2.45, 2.75) is 13.5 Å². The van der Waals surface area contributed by atoms with Gasteiger partial charge in [-0.2, -0.15) is 5.10 Å². The van der Waals surface area contributed by atoms with Crippen LogP contribution in [0.15, 0.2) is 41.8 Å². The molecule has 0 unspecified atom stereocenters. The third kappa shape index (κ3) is 4.42. The van der Waals surface area contributed by atoms with Crippen LogP contribution in [0.3, 0.4) is 0 Å². The molecule has 0 spiro atoms. The zero-order valence-corrected chi connectivity index (χ0v) is 17.2. The highest BCUT2D eigenvalue weighted by Gasteiger charge is 2.23. The number of aromatic nitrogens is 2. The number of hydrogen-bond donors (Lipinski definition) is 1. The number of ether oxygens (including phenoxy) is 1. The van der Waals surface area contributed by atoms with Crippen LogP contribution in [0.4, 0.5) is 10.1 Å². The highest BCUT2D eigenvalue weighted by atomic mass is 32.1. The third-order valence-electron chi connectivity index (χ3n) is 4.82.